The van der Waals surface area contributed by atoms with Gasteiger partial charge in [0.1, 0.15) is 0 Å². The molecule has 0 spiro atoms. The van der Waals surface area contributed by atoms with Gasteiger partial charge >= 0.3 is 0 Å². The van der Waals surface area contributed by atoms with Crippen molar-refractivity contribution in [2.24, 2.45) is 0 Å². The average molecular weight is 194 g/mol. The van der Waals surface area contributed by atoms with Crippen molar-refractivity contribution < 1.29 is 14.3 Å². The summed E-state index contributed by atoms with van der Waals surface area (Å²) in [6.45, 7) is 3.21. The van der Waals surface area contributed by atoms with E-state index in [0.717, 1.165) is 0 Å². The smallest absolute Gasteiger partial charge is 0.224 e. The molecule has 0 aliphatic rings. The lowest BCUT2D eigenvalue weighted by molar-refractivity contribution is -0.112. The van der Waals surface area contributed by atoms with Gasteiger partial charge in [0, 0.05) is 18.7 Å². The molecule has 1 rings (SSSR count). The molecule has 0 heterocycles. The maximum absolute atomic E-state index is 10.7. The Hall–Kier alpha value is -1.71. The minimum absolute atomic E-state index is 0.364. The summed E-state index contributed by atoms with van der Waals surface area (Å²) in [5.74, 6) is 0.825. The van der Waals surface area contributed by atoms with E-state index in [0.29, 0.717) is 17.2 Å². The zero-order valence-corrected chi connectivity index (χ0v) is 8.16. The van der Waals surface area contributed by atoms with Gasteiger partial charge in [0.15, 0.2) is 11.5 Å². The molecule has 0 saturated carbocycles. The third-order valence-corrected chi connectivity index (χ3v) is 1.67. The number of rotatable bonds is 3. The fraction of sp³-hybridized carbons (Fsp3) is 0.200. The van der Waals surface area contributed by atoms with Gasteiger partial charge < -0.3 is 14.8 Å². The Labute approximate surface area is 82.8 Å². The number of amides is 1. The van der Waals surface area contributed by atoms with Crippen LogP contribution in [0.25, 0.3) is 0 Å². The quantitative estimate of drug-likeness (QED) is 0.792. The molecule has 1 N–H and O–H groups in total. The second-order valence-corrected chi connectivity index (χ2v) is 2.62. The van der Waals surface area contributed by atoms with E-state index < -0.39 is 0 Å². The van der Waals surface area contributed by atoms with Gasteiger partial charge in [0.25, 0.3) is 0 Å². The van der Waals surface area contributed by atoms with Gasteiger partial charge in [-0.3, -0.25) is 4.79 Å². The molecule has 0 saturated heterocycles. The van der Waals surface area contributed by atoms with E-state index in [2.05, 4.69) is 12.2 Å². The highest BCUT2D eigenvalue weighted by Gasteiger charge is 2.04. The maximum atomic E-state index is 10.7. The van der Waals surface area contributed by atoms with Crippen LogP contribution < -0.4 is 14.8 Å². The first kappa shape index (κ1) is 10.4. The van der Waals surface area contributed by atoms with Crippen molar-refractivity contribution in [2.45, 2.75) is 0 Å². The number of hydrogen-bond acceptors (Lipinski definition) is 3. The number of benzene rings is 1. The van der Waals surface area contributed by atoms with Crippen molar-refractivity contribution >= 4 is 11.6 Å². The Morgan fingerprint density at radius 2 is 1.93 bits per heavy atom. The SMILES string of the molecule is [CH2]C(=O)Nc1ccc(OC)c(OC)c1. The lowest BCUT2D eigenvalue weighted by atomic mass is 10.2. The first-order valence-electron chi connectivity index (χ1n) is 4.02. The van der Waals surface area contributed by atoms with Gasteiger partial charge in [0.05, 0.1) is 14.2 Å². The molecule has 0 aliphatic heterocycles. The molecule has 0 unspecified atom stereocenters. The van der Waals surface area contributed by atoms with Crippen LogP contribution in [0.1, 0.15) is 0 Å². The minimum Gasteiger partial charge on any atom is -0.493 e. The predicted molar refractivity (Wildman–Crippen MR) is 53.5 cm³/mol. The Balaban J connectivity index is 2.95. The summed E-state index contributed by atoms with van der Waals surface area (Å²) in [7, 11) is 3.09. The van der Waals surface area contributed by atoms with Gasteiger partial charge in [-0.1, -0.05) is 0 Å². The van der Waals surface area contributed by atoms with E-state index in [1.54, 1.807) is 25.3 Å². The second kappa shape index (κ2) is 4.50. The average Bonchev–Trinajstić information content (AvgIpc) is 2.16. The molecule has 0 fully saturated rings. The lowest BCUT2D eigenvalue weighted by Crippen LogP contribution is -2.06. The summed E-state index contributed by atoms with van der Waals surface area (Å²) in [6.07, 6.45) is 0. The van der Waals surface area contributed by atoms with E-state index in [4.69, 9.17) is 9.47 Å². The molecule has 0 atom stereocenters. The van der Waals surface area contributed by atoms with Crippen LogP contribution in [0.2, 0.25) is 0 Å². The van der Waals surface area contributed by atoms with Crippen LogP contribution in [-0.2, 0) is 4.79 Å². The number of carbonyl (C=O) groups excluding carboxylic acids is 1. The van der Waals surface area contributed by atoms with Crippen LogP contribution in [0.3, 0.4) is 0 Å². The molecule has 4 nitrogen and oxygen atoms in total. The predicted octanol–water partition coefficient (Wildman–Crippen LogP) is 1.48. The van der Waals surface area contributed by atoms with Gasteiger partial charge in [-0.15, -0.1) is 0 Å². The minimum atomic E-state index is -0.364. The Kier molecular flexibility index (Phi) is 3.34. The van der Waals surface area contributed by atoms with E-state index in [9.17, 15) is 4.79 Å². The van der Waals surface area contributed by atoms with E-state index in [-0.39, 0.29) is 5.91 Å². The lowest BCUT2D eigenvalue weighted by Gasteiger charge is -2.09. The Morgan fingerprint density at radius 1 is 1.29 bits per heavy atom. The molecule has 1 aromatic carbocycles. The Morgan fingerprint density at radius 3 is 2.43 bits per heavy atom. The first-order chi connectivity index (χ1) is 6.67. The number of anilines is 1. The molecule has 4 heteroatoms. The Bertz CT molecular complexity index is 336. The summed E-state index contributed by atoms with van der Waals surface area (Å²) in [5, 5.41) is 2.55. The van der Waals surface area contributed by atoms with Gasteiger partial charge in [-0.25, -0.2) is 0 Å². The van der Waals surface area contributed by atoms with Crippen LogP contribution in [-0.4, -0.2) is 20.1 Å². The number of carbonyl (C=O) groups is 1. The van der Waals surface area contributed by atoms with Crippen LogP contribution in [0.5, 0.6) is 11.5 Å². The van der Waals surface area contributed by atoms with Crippen molar-refractivity contribution in [3.63, 3.8) is 0 Å². The van der Waals surface area contributed by atoms with Crippen molar-refractivity contribution in [1.29, 1.82) is 0 Å². The van der Waals surface area contributed by atoms with Gasteiger partial charge in [-0.05, 0) is 12.1 Å². The van der Waals surface area contributed by atoms with E-state index in [1.807, 2.05) is 0 Å². The summed E-state index contributed by atoms with van der Waals surface area (Å²) in [5.41, 5.74) is 0.627. The van der Waals surface area contributed by atoms with Gasteiger partial charge in [-0.2, -0.15) is 0 Å². The largest absolute Gasteiger partial charge is 0.493 e. The number of methoxy groups -OCH3 is 2. The first-order valence-corrected chi connectivity index (χ1v) is 4.02. The zero-order chi connectivity index (χ0) is 10.6. The van der Waals surface area contributed by atoms with E-state index in [1.165, 1.54) is 7.11 Å². The third kappa shape index (κ3) is 2.39. The summed E-state index contributed by atoms with van der Waals surface area (Å²) in [6, 6.07) is 5.09. The molecule has 0 aliphatic carbocycles. The van der Waals surface area contributed by atoms with Gasteiger partial charge in [0.2, 0.25) is 5.91 Å². The molecule has 0 bridgehead atoms. The van der Waals surface area contributed by atoms with Crippen LogP contribution in [0.15, 0.2) is 18.2 Å². The highest BCUT2D eigenvalue weighted by atomic mass is 16.5. The molecule has 14 heavy (non-hydrogen) atoms. The maximum Gasteiger partial charge on any atom is 0.224 e. The fourth-order valence-corrected chi connectivity index (χ4v) is 1.07. The normalized spacial score (nSPS) is 9.36. The standard InChI is InChI=1S/C10H12NO3/c1-7(12)11-8-4-5-9(13-2)10(6-8)14-3/h4-6H,1H2,2-3H3,(H,11,12). The zero-order valence-electron chi connectivity index (χ0n) is 8.16. The van der Waals surface area contributed by atoms with Crippen molar-refractivity contribution in [1.82, 2.24) is 0 Å². The second-order valence-electron chi connectivity index (χ2n) is 2.62. The molecule has 1 aromatic rings. The summed E-state index contributed by atoms with van der Waals surface area (Å²) >= 11 is 0. The molecule has 1 amide bonds. The van der Waals surface area contributed by atoms with Crippen LogP contribution in [0, 0.1) is 6.92 Å². The monoisotopic (exact) mass is 194 g/mol. The summed E-state index contributed by atoms with van der Waals surface area (Å²) < 4.78 is 10.1. The number of hydrogen-bond donors (Lipinski definition) is 1. The topological polar surface area (TPSA) is 47.6 Å². The number of ether oxygens (including phenoxy) is 2. The van der Waals surface area contributed by atoms with Crippen LogP contribution in [0.4, 0.5) is 5.69 Å². The molecule has 0 aromatic heterocycles. The van der Waals surface area contributed by atoms with Crippen molar-refractivity contribution in [3.05, 3.63) is 25.1 Å². The van der Waals surface area contributed by atoms with E-state index >= 15 is 0 Å². The fourth-order valence-electron chi connectivity index (χ4n) is 1.07. The molecule has 75 valence electrons. The number of nitrogens with one attached hydrogen (secondary N) is 1. The summed E-state index contributed by atoms with van der Waals surface area (Å²) in [4.78, 5) is 10.7. The molecular weight excluding hydrogens is 182 g/mol. The molecular formula is C10H12NO3. The highest BCUT2D eigenvalue weighted by molar-refractivity contribution is 5.94. The van der Waals surface area contributed by atoms with Crippen molar-refractivity contribution in [3.8, 4) is 11.5 Å². The third-order valence-electron chi connectivity index (χ3n) is 1.67. The van der Waals surface area contributed by atoms with Crippen molar-refractivity contribution in [2.75, 3.05) is 19.5 Å². The molecule has 1 radical (unpaired) electrons. The highest BCUT2D eigenvalue weighted by Crippen LogP contribution is 2.29. The van der Waals surface area contributed by atoms with Crippen LogP contribution >= 0.6 is 0 Å².